The molecule has 5 rings (SSSR count). The van der Waals surface area contributed by atoms with Crippen LogP contribution in [0.4, 0.5) is 14.5 Å². The van der Waals surface area contributed by atoms with Gasteiger partial charge in [0.15, 0.2) is 0 Å². The third-order valence-corrected chi connectivity index (χ3v) is 7.60. The molecule has 0 bridgehead atoms. The first kappa shape index (κ1) is 25.3. The molecule has 0 N–H and O–H groups in total. The minimum atomic E-state index is -0.389. The number of anilines is 1. The van der Waals surface area contributed by atoms with Crippen LogP contribution in [0.5, 0.6) is 0 Å². The molecule has 1 aliphatic carbocycles. The van der Waals surface area contributed by atoms with Crippen molar-refractivity contribution in [1.29, 1.82) is 0 Å². The lowest BCUT2D eigenvalue weighted by molar-refractivity contribution is -0.118. The van der Waals surface area contributed by atoms with Gasteiger partial charge in [-0.1, -0.05) is 63.4 Å². The highest BCUT2D eigenvalue weighted by Crippen LogP contribution is 2.40. The summed E-state index contributed by atoms with van der Waals surface area (Å²) < 4.78 is 29.1. The monoisotopic (exact) mass is 610 g/mol. The highest BCUT2D eigenvalue weighted by Gasteiger charge is 2.33. The van der Waals surface area contributed by atoms with Crippen molar-refractivity contribution in [3.05, 3.63) is 90.6 Å². The molecule has 2 aromatic carbocycles. The van der Waals surface area contributed by atoms with E-state index in [0.717, 1.165) is 28.4 Å². The zero-order valence-electron chi connectivity index (χ0n) is 18.7. The minimum absolute atomic E-state index is 0.0521. The van der Waals surface area contributed by atoms with E-state index in [1.54, 1.807) is 24.4 Å². The van der Waals surface area contributed by atoms with Gasteiger partial charge >= 0.3 is 0 Å². The molecule has 0 saturated carbocycles. The van der Waals surface area contributed by atoms with Gasteiger partial charge in [0.1, 0.15) is 16.8 Å². The van der Waals surface area contributed by atoms with Gasteiger partial charge in [-0.05, 0) is 71.3 Å². The van der Waals surface area contributed by atoms with E-state index in [4.69, 9.17) is 11.6 Å². The number of carbonyl (C=O) groups excluding carboxylic acids is 1. The zero-order chi connectivity index (χ0) is 24.6. The maximum atomic E-state index is 14.3. The van der Waals surface area contributed by atoms with Crippen molar-refractivity contribution in [2.24, 2.45) is 0 Å². The predicted molar refractivity (Wildman–Crippen MR) is 139 cm³/mol. The number of nitrogens with zero attached hydrogens (tertiary/aromatic N) is 2. The lowest BCUT2D eigenvalue weighted by Gasteiger charge is -2.18. The number of amides is 1. The molecular weight excluding hydrogens is 590 g/mol. The fourth-order valence-corrected chi connectivity index (χ4v) is 5.67. The second-order valence-corrected chi connectivity index (χ2v) is 10.9. The Morgan fingerprint density at radius 1 is 1.09 bits per heavy atom. The maximum absolute atomic E-state index is 14.3. The number of fused-ring (bicyclic) bond motifs is 2. The first-order valence-electron chi connectivity index (χ1n) is 11.0. The van der Waals surface area contributed by atoms with Crippen LogP contribution in [-0.4, -0.2) is 17.4 Å². The van der Waals surface area contributed by atoms with E-state index in [1.165, 1.54) is 16.5 Å². The van der Waals surface area contributed by atoms with Crippen molar-refractivity contribution in [1.82, 2.24) is 4.98 Å². The normalized spacial score (nSPS) is 18.3. The van der Waals surface area contributed by atoms with Gasteiger partial charge in [0.2, 0.25) is 5.91 Å². The van der Waals surface area contributed by atoms with Crippen molar-refractivity contribution >= 4 is 55.1 Å². The summed E-state index contributed by atoms with van der Waals surface area (Å²) in [6.07, 6.45) is 3.66. The first-order chi connectivity index (χ1) is 16.2. The maximum Gasteiger partial charge on any atom is 0.231 e. The molecule has 1 aromatic heterocycles. The lowest BCUT2D eigenvalue weighted by Crippen LogP contribution is -2.31. The number of aromatic nitrogens is 1. The predicted octanol–water partition coefficient (Wildman–Crippen LogP) is 7.97. The summed E-state index contributed by atoms with van der Waals surface area (Å²) in [6, 6.07) is 10.3. The van der Waals surface area contributed by atoms with Gasteiger partial charge in [-0.2, -0.15) is 0 Å². The van der Waals surface area contributed by atoms with Gasteiger partial charge in [-0.25, -0.2) is 13.8 Å². The quantitative estimate of drug-likeness (QED) is 0.275. The third-order valence-electron chi connectivity index (χ3n) is 6.35. The van der Waals surface area contributed by atoms with E-state index in [9.17, 15) is 13.6 Å². The molecule has 0 spiro atoms. The standard InChI is InChI=1S/C16H13BrClFN2O.C10H10BrF/c1-9-8-21(15-12(9)6-11(17)7-13(15)19)14(22)5-10-3-2-4-20-16(10)18;1-6-2-3-8-9(6)4-7(11)5-10(8)12/h2-4,6-7,9H,5,8H2,1H3;4-6H,2-3H2,1H3. The van der Waals surface area contributed by atoms with Gasteiger partial charge in [-0.15, -0.1) is 0 Å². The van der Waals surface area contributed by atoms with Gasteiger partial charge in [0, 0.05) is 27.6 Å². The van der Waals surface area contributed by atoms with Crippen LogP contribution in [0, 0.1) is 11.6 Å². The van der Waals surface area contributed by atoms with Crippen LogP contribution in [0.1, 0.15) is 54.4 Å². The molecule has 0 saturated heterocycles. The Morgan fingerprint density at radius 2 is 1.76 bits per heavy atom. The van der Waals surface area contributed by atoms with Crippen molar-refractivity contribution in [2.75, 3.05) is 11.4 Å². The van der Waals surface area contributed by atoms with E-state index in [0.29, 0.717) is 33.3 Å². The Kier molecular flexibility index (Phi) is 7.75. The van der Waals surface area contributed by atoms with Crippen LogP contribution >= 0.6 is 43.5 Å². The molecule has 178 valence electrons. The van der Waals surface area contributed by atoms with Crippen LogP contribution < -0.4 is 4.90 Å². The Balaban J connectivity index is 0.000000192. The second kappa shape index (κ2) is 10.4. The Hall–Kier alpha value is -1.83. The van der Waals surface area contributed by atoms with E-state index in [-0.39, 0.29) is 29.9 Å². The summed E-state index contributed by atoms with van der Waals surface area (Å²) in [5.74, 6) is -0.00729. The molecule has 1 amide bonds. The van der Waals surface area contributed by atoms with Crippen molar-refractivity contribution in [3.8, 4) is 0 Å². The van der Waals surface area contributed by atoms with Crippen molar-refractivity contribution < 1.29 is 13.6 Å². The Labute approximate surface area is 219 Å². The summed E-state index contributed by atoms with van der Waals surface area (Å²) >= 11 is 12.6. The van der Waals surface area contributed by atoms with Crippen LogP contribution in [0.2, 0.25) is 5.15 Å². The van der Waals surface area contributed by atoms with Crippen LogP contribution in [0.15, 0.2) is 51.5 Å². The zero-order valence-corrected chi connectivity index (χ0v) is 22.6. The minimum Gasteiger partial charge on any atom is -0.309 e. The number of rotatable bonds is 2. The van der Waals surface area contributed by atoms with Crippen LogP contribution in [-0.2, 0) is 17.6 Å². The number of hydrogen-bond acceptors (Lipinski definition) is 2. The molecular formula is C26H23Br2ClF2N2O. The number of benzene rings is 2. The molecule has 3 aromatic rings. The SMILES string of the molecule is CC1CCc2c(F)cc(Br)cc21.CC1CN(C(=O)Cc2cccnc2Cl)c2c(F)cc(Br)cc21. The fourth-order valence-electron chi connectivity index (χ4n) is 4.59. The fraction of sp³-hybridized carbons (Fsp3) is 0.308. The Bertz CT molecular complexity index is 1250. The molecule has 3 nitrogen and oxygen atoms in total. The highest BCUT2D eigenvalue weighted by molar-refractivity contribution is 9.10. The van der Waals surface area contributed by atoms with Gasteiger partial charge in [-0.3, -0.25) is 4.79 Å². The van der Waals surface area contributed by atoms with Gasteiger partial charge in [0.05, 0.1) is 12.1 Å². The van der Waals surface area contributed by atoms with Gasteiger partial charge < -0.3 is 4.90 Å². The topological polar surface area (TPSA) is 33.2 Å². The molecule has 2 aliphatic rings. The molecule has 2 atom stereocenters. The summed E-state index contributed by atoms with van der Waals surface area (Å²) in [5, 5.41) is 0.305. The molecule has 2 heterocycles. The number of hydrogen-bond donors (Lipinski definition) is 0. The average Bonchev–Trinajstić information content (AvgIpc) is 3.31. The second-order valence-electron chi connectivity index (χ2n) is 8.76. The summed E-state index contributed by atoms with van der Waals surface area (Å²) in [5.41, 5.74) is 3.97. The highest BCUT2D eigenvalue weighted by atomic mass is 79.9. The van der Waals surface area contributed by atoms with Crippen molar-refractivity contribution in [2.45, 2.75) is 44.9 Å². The summed E-state index contributed by atoms with van der Waals surface area (Å²) in [4.78, 5) is 18.0. The third kappa shape index (κ3) is 5.21. The molecule has 2 unspecified atom stereocenters. The average molecular weight is 613 g/mol. The largest absolute Gasteiger partial charge is 0.309 e. The smallest absolute Gasteiger partial charge is 0.231 e. The van der Waals surface area contributed by atoms with Crippen LogP contribution in [0.25, 0.3) is 0 Å². The molecule has 34 heavy (non-hydrogen) atoms. The van der Waals surface area contributed by atoms with E-state index in [2.05, 4.69) is 43.8 Å². The van der Waals surface area contributed by atoms with Crippen LogP contribution in [0.3, 0.4) is 0 Å². The lowest BCUT2D eigenvalue weighted by atomic mass is 10.0. The van der Waals surface area contributed by atoms with E-state index < -0.39 is 0 Å². The number of halogens is 5. The molecule has 0 fully saturated rings. The Morgan fingerprint density at radius 3 is 2.47 bits per heavy atom. The first-order valence-corrected chi connectivity index (χ1v) is 13.0. The molecule has 0 radical (unpaired) electrons. The number of pyridine rings is 1. The van der Waals surface area contributed by atoms with E-state index >= 15 is 0 Å². The van der Waals surface area contributed by atoms with Crippen molar-refractivity contribution in [3.63, 3.8) is 0 Å². The summed E-state index contributed by atoms with van der Waals surface area (Å²) in [7, 11) is 0. The molecule has 1 aliphatic heterocycles. The number of carbonyl (C=O) groups is 1. The summed E-state index contributed by atoms with van der Waals surface area (Å²) in [6.45, 7) is 4.60. The van der Waals surface area contributed by atoms with E-state index in [1.807, 2.05) is 19.1 Å². The molecule has 8 heteroatoms. The van der Waals surface area contributed by atoms with Gasteiger partial charge in [0.25, 0.3) is 0 Å².